The van der Waals surface area contributed by atoms with Gasteiger partial charge >= 0.3 is 0 Å². The van der Waals surface area contributed by atoms with E-state index in [1.165, 1.54) is 38.8 Å². The van der Waals surface area contributed by atoms with Gasteiger partial charge in [-0.3, -0.25) is 4.90 Å². The Morgan fingerprint density at radius 1 is 1.22 bits per heavy atom. The number of nitrogens with zero attached hydrogens (tertiary/aromatic N) is 1. The standard InChI is InChI=1S/C16H32N2/c1-12(2)9-14-11-18(16(5)7-6-8-16)15(10-17-14)13(3)4/h12-15,17H,6-11H2,1-5H3. The molecule has 0 aromatic rings. The van der Waals surface area contributed by atoms with Crippen LogP contribution in [0, 0.1) is 11.8 Å². The second kappa shape index (κ2) is 5.50. The molecule has 1 heterocycles. The summed E-state index contributed by atoms with van der Waals surface area (Å²) in [6.45, 7) is 14.4. The highest BCUT2D eigenvalue weighted by Crippen LogP contribution is 2.40. The first kappa shape index (κ1) is 14.3. The van der Waals surface area contributed by atoms with E-state index in [0.717, 1.165) is 17.9 Å². The van der Waals surface area contributed by atoms with Crippen molar-refractivity contribution in [3.05, 3.63) is 0 Å². The summed E-state index contributed by atoms with van der Waals surface area (Å²) in [5.41, 5.74) is 0.506. The third-order valence-corrected chi connectivity index (χ3v) is 5.08. The first-order chi connectivity index (χ1) is 8.42. The summed E-state index contributed by atoms with van der Waals surface area (Å²) in [7, 11) is 0. The van der Waals surface area contributed by atoms with Gasteiger partial charge < -0.3 is 5.32 Å². The van der Waals surface area contributed by atoms with Crippen LogP contribution in [0.5, 0.6) is 0 Å². The Balaban J connectivity index is 2.04. The van der Waals surface area contributed by atoms with Crippen LogP contribution < -0.4 is 5.32 Å². The Hall–Kier alpha value is -0.0800. The van der Waals surface area contributed by atoms with Crippen molar-refractivity contribution in [1.82, 2.24) is 10.2 Å². The van der Waals surface area contributed by atoms with Gasteiger partial charge in [-0.25, -0.2) is 0 Å². The molecule has 0 bridgehead atoms. The van der Waals surface area contributed by atoms with Gasteiger partial charge in [0.25, 0.3) is 0 Å². The van der Waals surface area contributed by atoms with Crippen molar-refractivity contribution in [2.75, 3.05) is 13.1 Å². The highest BCUT2D eigenvalue weighted by atomic mass is 15.3. The maximum Gasteiger partial charge on any atom is 0.0249 e. The molecule has 1 aliphatic heterocycles. The predicted octanol–water partition coefficient (Wildman–Crippen LogP) is 3.27. The number of rotatable bonds is 4. The predicted molar refractivity (Wildman–Crippen MR) is 78.8 cm³/mol. The van der Waals surface area contributed by atoms with Crippen LogP contribution in [0.15, 0.2) is 0 Å². The zero-order valence-electron chi connectivity index (χ0n) is 13.0. The van der Waals surface area contributed by atoms with Gasteiger partial charge in [-0.1, -0.05) is 27.7 Å². The molecule has 0 aromatic heterocycles. The van der Waals surface area contributed by atoms with Gasteiger partial charge in [0.1, 0.15) is 0 Å². The summed E-state index contributed by atoms with van der Waals surface area (Å²) in [4.78, 5) is 2.85. The lowest BCUT2D eigenvalue weighted by atomic mass is 9.74. The van der Waals surface area contributed by atoms with Crippen LogP contribution in [0.2, 0.25) is 0 Å². The molecule has 0 aromatic carbocycles. The first-order valence-electron chi connectivity index (χ1n) is 7.92. The third kappa shape index (κ3) is 2.91. The molecular weight excluding hydrogens is 220 g/mol. The van der Waals surface area contributed by atoms with Gasteiger partial charge in [0.05, 0.1) is 0 Å². The Kier molecular flexibility index (Phi) is 4.38. The SMILES string of the molecule is CC(C)CC1CN(C2(C)CCC2)C(C(C)C)CN1. The molecule has 2 nitrogen and oxygen atoms in total. The van der Waals surface area contributed by atoms with E-state index in [4.69, 9.17) is 0 Å². The lowest BCUT2D eigenvalue weighted by Gasteiger charge is -2.56. The number of nitrogens with one attached hydrogen (secondary N) is 1. The molecule has 0 radical (unpaired) electrons. The highest BCUT2D eigenvalue weighted by Gasteiger charge is 2.44. The van der Waals surface area contributed by atoms with Crippen molar-refractivity contribution in [3.8, 4) is 0 Å². The van der Waals surface area contributed by atoms with E-state index in [-0.39, 0.29) is 0 Å². The maximum absolute atomic E-state index is 3.79. The number of piperazine rings is 1. The van der Waals surface area contributed by atoms with Crippen LogP contribution in [0.3, 0.4) is 0 Å². The first-order valence-corrected chi connectivity index (χ1v) is 7.92. The zero-order valence-corrected chi connectivity index (χ0v) is 13.0. The van der Waals surface area contributed by atoms with E-state index < -0.39 is 0 Å². The van der Waals surface area contributed by atoms with E-state index in [1.54, 1.807) is 0 Å². The van der Waals surface area contributed by atoms with Crippen molar-refractivity contribution in [3.63, 3.8) is 0 Å². The molecule has 1 saturated heterocycles. The van der Waals surface area contributed by atoms with Gasteiger partial charge in [-0.05, 0) is 44.4 Å². The summed E-state index contributed by atoms with van der Waals surface area (Å²) < 4.78 is 0. The summed E-state index contributed by atoms with van der Waals surface area (Å²) in [5.74, 6) is 1.56. The van der Waals surface area contributed by atoms with Gasteiger partial charge in [-0.15, -0.1) is 0 Å². The average Bonchev–Trinajstić information content (AvgIpc) is 2.24. The fourth-order valence-corrected chi connectivity index (χ4v) is 3.75. The van der Waals surface area contributed by atoms with Gasteiger partial charge in [0, 0.05) is 30.7 Å². The van der Waals surface area contributed by atoms with E-state index in [1.807, 2.05) is 0 Å². The fourth-order valence-electron chi connectivity index (χ4n) is 3.75. The van der Waals surface area contributed by atoms with E-state index in [2.05, 4.69) is 44.8 Å². The molecule has 2 aliphatic rings. The number of hydrogen-bond acceptors (Lipinski definition) is 2. The quantitative estimate of drug-likeness (QED) is 0.826. The average molecular weight is 252 g/mol. The third-order valence-electron chi connectivity index (χ3n) is 5.08. The largest absolute Gasteiger partial charge is 0.311 e. The molecule has 2 unspecified atom stereocenters. The van der Waals surface area contributed by atoms with Gasteiger partial charge in [0.15, 0.2) is 0 Å². The molecular formula is C16H32N2. The molecule has 2 rings (SSSR count). The van der Waals surface area contributed by atoms with Crippen molar-refractivity contribution in [1.29, 1.82) is 0 Å². The summed E-state index contributed by atoms with van der Waals surface area (Å²) >= 11 is 0. The molecule has 0 amide bonds. The lowest BCUT2D eigenvalue weighted by Crippen LogP contribution is -2.66. The minimum atomic E-state index is 0.506. The molecule has 1 aliphatic carbocycles. The molecule has 18 heavy (non-hydrogen) atoms. The molecule has 1 saturated carbocycles. The van der Waals surface area contributed by atoms with Crippen LogP contribution in [0.25, 0.3) is 0 Å². The smallest absolute Gasteiger partial charge is 0.0249 e. The molecule has 1 N–H and O–H groups in total. The van der Waals surface area contributed by atoms with Crippen molar-refractivity contribution >= 4 is 0 Å². The second-order valence-corrected chi connectivity index (χ2v) is 7.55. The monoisotopic (exact) mass is 252 g/mol. The van der Waals surface area contributed by atoms with E-state index in [9.17, 15) is 0 Å². The molecule has 2 heteroatoms. The summed E-state index contributed by atoms with van der Waals surface area (Å²) in [6.07, 6.45) is 5.56. The van der Waals surface area contributed by atoms with Crippen molar-refractivity contribution in [2.45, 2.75) is 77.9 Å². The van der Waals surface area contributed by atoms with Crippen molar-refractivity contribution < 1.29 is 0 Å². The Bertz CT molecular complexity index is 268. The zero-order chi connectivity index (χ0) is 13.3. The van der Waals surface area contributed by atoms with Crippen molar-refractivity contribution in [2.24, 2.45) is 11.8 Å². The van der Waals surface area contributed by atoms with E-state index in [0.29, 0.717) is 11.6 Å². The Morgan fingerprint density at radius 2 is 1.89 bits per heavy atom. The normalized spacial score (nSPS) is 32.8. The fraction of sp³-hybridized carbons (Fsp3) is 1.00. The molecule has 0 spiro atoms. The van der Waals surface area contributed by atoms with Crippen LogP contribution in [-0.2, 0) is 0 Å². The highest BCUT2D eigenvalue weighted by molar-refractivity contribution is 5.01. The summed E-state index contributed by atoms with van der Waals surface area (Å²) in [6, 6.07) is 1.44. The topological polar surface area (TPSA) is 15.3 Å². The number of hydrogen-bond donors (Lipinski definition) is 1. The van der Waals surface area contributed by atoms with Crippen LogP contribution in [0.1, 0.15) is 60.3 Å². The minimum Gasteiger partial charge on any atom is -0.311 e. The van der Waals surface area contributed by atoms with Crippen LogP contribution in [-0.4, -0.2) is 35.6 Å². The van der Waals surface area contributed by atoms with Gasteiger partial charge in [-0.2, -0.15) is 0 Å². The molecule has 2 fully saturated rings. The Morgan fingerprint density at radius 3 is 2.33 bits per heavy atom. The maximum atomic E-state index is 3.79. The molecule has 106 valence electrons. The van der Waals surface area contributed by atoms with Crippen LogP contribution in [0.4, 0.5) is 0 Å². The molecule has 2 atom stereocenters. The van der Waals surface area contributed by atoms with E-state index >= 15 is 0 Å². The lowest BCUT2D eigenvalue weighted by molar-refractivity contribution is -0.0446. The summed E-state index contributed by atoms with van der Waals surface area (Å²) in [5, 5.41) is 3.79. The van der Waals surface area contributed by atoms with Gasteiger partial charge in [0.2, 0.25) is 0 Å². The van der Waals surface area contributed by atoms with Crippen LogP contribution >= 0.6 is 0 Å². The Labute approximate surface area is 114 Å². The minimum absolute atomic E-state index is 0.506. The second-order valence-electron chi connectivity index (χ2n) is 7.55.